The van der Waals surface area contributed by atoms with Crippen LogP contribution in [-0.2, 0) is 31.9 Å². The van der Waals surface area contributed by atoms with Gasteiger partial charge in [0.2, 0.25) is 0 Å². The second-order valence-corrected chi connectivity index (χ2v) is 13.6. The molecule has 3 heterocycles. The van der Waals surface area contributed by atoms with Crippen LogP contribution in [0.5, 0.6) is 11.5 Å². The Morgan fingerprint density at radius 1 is 0.711 bits per heavy atom. The molecule has 0 fully saturated rings. The van der Waals surface area contributed by atoms with E-state index in [1.807, 2.05) is 12.3 Å². The number of para-hydroxylation sites is 3. The number of anilines is 3. The molecule has 0 atom stereocenters. The molecule has 1 aliphatic heterocycles. The Balaban J connectivity index is 0.00000357. The first kappa shape index (κ1) is 30.9. The summed E-state index contributed by atoms with van der Waals surface area (Å²) in [4.78, 5) is 9.12. The van der Waals surface area contributed by atoms with Crippen molar-refractivity contribution in [3.63, 3.8) is 0 Å². The third kappa shape index (κ3) is 5.64. The molecule has 0 saturated heterocycles. The number of fused-ring (bicyclic) bond motifs is 4. The van der Waals surface area contributed by atoms with E-state index in [2.05, 4.69) is 161 Å². The second-order valence-electron chi connectivity index (χ2n) is 13.6. The van der Waals surface area contributed by atoms with Crippen molar-refractivity contribution in [3.8, 4) is 17.3 Å². The van der Waals surface area contributed by atoms with Crippen LogP contribution < -0.4 is 14.5 Å². The van der Waals surface area contributed by atoms with Gasteiger partial charge in [0.1, 0.15) is 5.82 Å². The van der Waals surface area contributed by atoms with Crippen LogP contribution >= 0.6 is 0 Å². The van der Waals surface area contributed by atoms with E-state index >= 15 is 0 Å². The average Bonchev–Trinajstić information content (AvgIpc) is 3.51. The van der Waals surface area contributed by atoms with Gasteiger partial charge >= 0.3 is 0 Å². The van der Waals surface area contributed by atoms with E-state index in [-0.39, 0.29) is 31.9 Å². The molecule has 0 unspecified atom stereocenters. The molecule has 7 rings (SSSR count). The molecular formula is C39H37N4OPt-3. The van der Waals surface area contributed by atoms with Crippen molar-refractivity contribution in [2.45, 2.75) is 52.4 Å². The topological polar surface area (TPSA) is 33.5 Å². The molecule has 0 amide bonds. The van der Waals surface area contributed by atoms with E-state index in [0.29, 0.717) is 11.5 Å². The maximum absolute atomic E-state index is 6.60. The average molecular weight is 773 g/mol. The Bertz CT molecular complexity index is 2030. The third-order valence-corrected chi connectivity index (χ3v) is 8.38. The normalized spacial score (nSPS) is 13.3. The Morgan fingerprint density at radius 2 is 1.42 bits per heavy atom. The maximum Gasteiger partial charge on any atom is 0.135 e. The molecule has 0 bridgehead atoms. The Kier molecular flexibility index (Phi) is 7.81. The van der Waals surface area contributed by atoms with Gasteiger partial charge in [0.05, 0.1) is 0 Å². The summed E-state index contributed by atoms with van der Waals surface area (Å²) in [5.41, 5.74) is 7.53. The van der Waals surface area contributed by atoms with Crippen molar-refractivity contribution in [2.24, 2.45) is 0 Å². The molecule has 232 valence electrons. The fourth-order valence-corrected chi connectivity index (χ4v) is 5.90. The van der Waals surface area contributed by atoms with E-state index in [0.717, 1.165) is 44.7 Å². The second kappa shape index (κ2) is 11.4. The molecular weight excluding hydrogens is 736 g/mol. The van der Waals surface area contributed by atoms with Crippen molar-refractivity contribution in [1.29, 1.82) is 0 Å². The van der Waals surface area contributed by atoms with Gasteiger partial charge in [-0.3, -0.25) is 0 Å². The fraction of sp³-hybridized carbons (Fsp3) is 0.231. The van der Waals surface area contributed by atoms with Crippen LogP contribution in [0, 0.1) is 18.8 Å². The largest absolute Gasteiger partial charge is 0.509 e. The zero-order chi connectivity index (χ0) is 30.8. The number of ether oxygens (including phenoxy) is 1. The predicted octanol–water partition coefficient (Wildman–Crippen LogP) is 9.87. The van der Waals surface area contributed by atoms with Gasteiger partial charge in [0.25, 0.3) is 0 Å². The molecule has 4 aromatic carbocycles. The van der Waals surface area contributed by atoms with Crippen LogP contribution in [0.15, 0.2) is 91.1 Å². The molecule has 1 aliphatic rings. The van der Waals surface area contributed by atoms with Crippen molar-refractivity contribution in [3.05, 3.63) is 121 Å². The molecule has 0 N–H and O–H groups in total. The molecule has 0 saturated carbocycles. The number of nitrogens with zero attached hydrogens (tertiary/aromatic N) is 4. The molecule has 45 heavy (non-hydrogen) atoms. The minimum Gasteiger partial charge on any atom is -0.509 e. The van der Waals surface area contributed by atoms with Crippen LogP contribution in [0.2, 0.25) is 0 Å². The van der Waals surface area contributed by atoms with E-state index in [1.54, 1.807) is 0 Å². The van der Waals surface area contributed by atoms with Crippen molar-refractivity contribution < 1.29 is 25.8 Å². The van der Waals surface area contributed by atoms with Gasteiger partial charge in [-0.05, 0) is 59.2 Å². The molecule has 0 aliphatic carbocycles. The van der Waals surface area contributed by atoms with Gasteiger partial charge in [0, 0.05) is 55.7 Å². The van der Waals surface area contributed by atoms with Crippen LogP contribution in [0.1, 0.15) is 52.7 Å². The van der Waals surface area contributed by atoms with Crippen LogP contribution in [-0.4, -0.2) is 16.6 Å². The summed E-state index contributed by atoms with van der Waals surface area (Å²) in [6.07, 6.45) is 1.90. The number of hydrogen-bond acceptors (Lipinski definition) is 4. The van der Waals surface area contributed by atoms with E-state index < -0.39 is 0 Å². The summed E-state index contributed by atoms with van der Waals surface area (Å²) in [5, 5.41) is 2.26. The summed E-state index contributed by atoms with van der Waals surface area (Å²) >= 11 is 0. The van der Waals surface area contributed by atoms with E-state index in [4.69, 9.17) is 9.72 Å². The Hall–Kier alpha value is -4.08. The molecule has 5 nitrogen and oxygen atoms in total. The van der Waals surface area contributed by atoms with Gasteiger partial charge in [0.15, 0.2) is 0 Å². The molecule has 0 radical (unpaired) electrons. The molecule has 2 aromatic heterocycles. The van der Waals surface area contributed by atoms with Gasteiger partial charge in [-0.2, -0.15) is 12.7 Å². The van der Waals surface area contributed by atoms with E-state index in [1.165, 1.54) is 11.1 Å². The maximum atomic E-state index is 6.60. The number of benzene rings is 4. The quantitative estimate of drug-likeness (QED) is 0.167. The molecule has 6 heteroatoms. The molecule has 6 aromatic rings. The minimum absolute atomic E-state index is 0. The Morgan fingerprint density at radius 3 is 2.18 bits per heavy atom. The smallest absolute Gasteiger partial charge is 0.135 e. The van der Waals surface area contributed by atoms with Gasteiger partial charge in [-0.15, -0.1) is 47.0 Å². The number of rotatable bonds is 4. The van der Waals surface area contributed by atoms with Gasteiger partial charge < -0.3 is 19.1 Å². The number of aromatic nitrogens is 2. The van der Waals surface area contributed by atoms with Gasteiger partial charge in [-0.1, -0.05) is 77.4 Å². The summed E-state index contributed by atoms with van der Waals surface area (Å²) in [6.45, 7) is 15.4. The SMILES string of the molecule is CN1[CH-]N(c2[c-]c(Oc3[c-]c4c(cc3)c3ccccc3n4-c3cc(C(C)(C)C)ccn3)cc(C(C)(C)C)c2)c2ccccc21.[Pt]. The summed E-state index contributed by atoms with van der Waals surface area (Å²) < 4.78 is 8.80. The van der Waals surface area contributed by atoms with Gasteiger partial charge in [-0.25, -0.2) is 4.98 Å². The van der Waals surface area contributed by atoms with Crippen LogP contribution in [0.4, 0.5) is 17.1 Å². The monoisotopic (exact) mass is 772 g/mol. The van der Waals surface area contributed by atoms with Crippen molar-refractivity contribution in [1.82, 2.24) is 9.55 Å². The summed E-state index contributed by atoms with van der Waals surface area (Å²) in [7, 11) is 2.07. The van der Waals surface area contributed by atoms with E-state index in [9.17, 15) is 0 Å². The Labute approximate surface area is 280 Å². The first-order valence-electron chi connectivity index (χ1n) is 15.1. The minimum atomic E-state index is -0.0864. The van der Waals surface area contributed by atoms with Crippen molar-refractivity contribution in [2.75, 3.05) is 16.8 Å². The summed E-state index contributed by atoms with van der Waals surface area (Å²) in [6, 6.07) is 36.7. The van der Waals surface area contributed by atoms with Crippen LogP contribution in [0.25, 0.3) is 27.6 Å². The first-order valence-corrected chi connectivity index (χ1v) is 15.1. The summed E-state index contributed by atoms with van der Waals surface area (Å²) in [5.74, 6) is 2.15. The standard InChI is InChI=1S/C39H37N4O.Pt/c1-38(2,3)26-18-19-40-37(22-26)43-33-13-9-8-12-31(33)32-17-16-29(24-36(32)43)44-30-21-27(39(4,5)6)20-28(23-30)42-25-41(7)34-14-10-11-15-35(34)42;/h8-22,25H,1-7H3;/q-3;. The zero-order valence-electron chi connectivity index (χ0n) is 26.8. The van der Waals surface area contributed by atoms with Crippen molar-refractivity contribution >= 4 is 38.9 Å². The predicted molar refractivity (Wildman–Crippen MR) is 181 cm³/mol. The zero-order valence-corrected chi connectivity index (χ0v) is 29.0. The first-order chi connectivity index (χ1) is 21.0. The van der Waals surface area contributed by atoms with Crippen LogP contribution in [0.3, 0.4) is 0 Å². The number of hydrogen-bond donors (Lipinski definition) is 0. The third-order valence-electron chi connectivity index (χ3n) is 8.38. The molecule has 0 spiro atoms. The number of pyridine rings is 1. The fourth-order valence-electron chi connectivity index (χ4n) is 5.90.